The summed E-state index contributed by atoms with van der Waals surface area (Å²) < 4.78 is 34.4. The molecule has 29 heavy (non-hydrogen) atoms. The minimum atomic E-state index is -0.324. The zero-order valence-electron chi connectivity index (χ0n) is 17.7. The van der Waals surface area contributed by atoms with Crippen LogP contribution in [-0.2, 0) is 33.2 Å². The molecule has 2 heterocycles. The number of halogens is 1. The van der Waals surface area contributed by atoms with Gasteiger partial charge in [0.25, 0.3) is 0 Å². The Morgan fingerprint density at radius 1 is 1.14 bits per heavy atom. The Bertz CT molecular complexity index is 509. The van der Waals surface area contributed by atoms with Crippen LogP contribution in [0.25, 0.3) is 0 Å². The molecule has 7 unspecified atom stereocenters. The van der Waals surface area contributed by atoms with Crippen molar-refractivity contribution in [3.8, 4) is 0 Å². The molecule has 1 saturated carbocycles. The normalized spacial score (nSPS) is 36.0. The van der Waals surface area contributed by atoms with Crippen molar-refractivity contribution in [2.24, 2.45) is 11.8 Å². The number of hydrogen-bond acceptors (Lipinski definition) is 7. The molecular weight excluding hydrogens is 400 g/mol. The number of hydrogen-bond donors (Lipinski definition) is 0. The Morgan fingerprint density at radius 3 is 2.59 bits per heavy atom. The first-order valence-electron chi connectivity index (χ1n) is 10.7. The minimum absolute atomic E-state index is 0.0492. The third kappa shape index (κ3) is 6.05. The van der Waals surface area contributed by atoms with Crippen molar-refractivity contribution in [1.29, 1.82) is 0 Å². The molecule has 7 nitrogen and oxygen atoms in total. The van der Waals surface area contributed by atoms with E-state index in [0.29, 0.717) is 18.8 Å². The van der Waals surface area contributed by atoms with E-state index in [-0.39, 0.29) is 48.2 Å². The molecule has 0 spiro atoms. The third-order valence-corrected chi connectivity index (χ3v) is 6.96. The highest BCUT2D eigenvalue weighted by Crippen LogP contribution is 2.45. The molecule has 2 saturated heterocycles. The summed E-state index contributed by atoms with van der Waals surface area (Å²) in [5.41, 5.74) is 0. The van der Waals surface area contributed by atoms with Crippen LogP contribution in [0.4, 0.5) is 0 Å². The van der Waals surface area contributed by atoms with Crippen molar-refractivity contribution >= 4 is 17.6 Å². The first-order valence-corrected chi connectivity index (χ1v) is 11.2. The number of carbonyl (C=O) groups excluding carboxylic acids is 1. The monoisotopic (exact) mass is 434 g/mol. The van der Waals surface area contributed by atoms with Crippen LogP contribution in [0.2, 0.25) is 0 Å². The summed E-state index contributed by atoms with van der Waals surface area (Å²) >= 11 is 6.57. The number of esters is 1. The summed E-state index contributed by atoms with van der Waals surface area (Å²) in [5.74, 6) is 0.252. The standard InChI is InChI=1S/C21H35ClO7/c1-24-19(23)8-7-15(22)18-11-13-10-14(21(25-2)26-3)17(12-16(13)28-18)29-20-6-4-5-9-27-20/h13-18,20-21H,4-12H2,1-3H3. The number of methoxy groups -OCH3 is 3. The van der Waals surface area contributed by atoms with E-state index in [1.54, 1.807) is 14.2 Å². The Balaban J connectivity index is 1.61. The van der Waals surface area contributed by atoms with E-state index in [2.05, 4.69) is 0 Å². The van der Waals surface area contributed by atoms with Crippen molar-refractivity contribution in [1.82, 2.24) is 0 Å². The van der Waals surface area contributed by atoms with Crippen molar-refractivity contribution in [2.75, 3.05) is 27.9 Å². The molecule has 0 N–H and O–H groups in total. The zero-order valence-corrected chi connectivity index (χ0v) is 18.5. The molecule has 1 aliphatic carbocycles. The molecule has 2 aliphatic heterocycles. The lowest BCUT2D eigenvalue weighted by molar-refractivity contribution is -0.246. The molecule has 3 fully saturated rings. The van der Waals surface area contributed by atoms with Crippen molar-refractivity contribution in [3.63, 3.8) is 0 Å². The summed E-state index contributed by atoms with van der Waals surface area (Å²) in [7, 11) is 4.73. The van der Waals surface area contributed by atoms with Crippen molar-refractivity contribution in [3.05, 3.63) is 0 Å². The Kier molecular flexibility index (Phi) is 9.02. The molecule has 168 valence electrons. The summed E-state index contributed by atoms with van der Waals surface area (Å²) in [6.45, 7) is 0.749. The van der Waals surface area contributed by atoms with Gasteiger partial charge >= 0.3 is 5.97 Å². The molecule has 0 amide bonds. The van der Waals surface area contributed by atoms with Crippen LogP contribution in [0.1, 0.15) is 51.4 Å². The first-order chi connectivity index (χ1) is 14.0. The molecule has 0 aromatic heterocycles. The van der Waals surface area contributed by atoms with E-state index in [4.69, 9.17) is 40.0 Å². The quantitative estimate of drug-likeness (QED) is 0.313. The highest BCUT2D eigenvalue weighted by Gasteiger charge is 2.48. The maximum Gasteiger partial charge on any atom is 0.305 e. The predicted octanol–water partition coefficient (Wildman–Crippen LogP) is 3.26. The third-order valence-electron chi connectivity index (χ3n) is 6.46. The fraction of sp³-hybridized carbons (Fsp3) is 0.952. The van der Waals surface area contributed by atoms with Gasteiger partial charge in [-0.3, -0.25) is 4.79 Å². The smallest absolute Gasteiger partial charge is 0.305 e. The molecule has 3 aliphatic rings. The van der Waals surface area contributed by atoms with Crippen molar-refractivity contribution in [2.45, 2.75) is 87.6 Å². The van der Waals surface area contributed by atoms with E-state index in [1.807, 2.05) is 0 Å². The number of alkyl halides is 1. The molecule has 8 heteroatoms. The van der Waals surface area contributed by atoms with E-state index >= 15 is 0 Å². The molecule has 7 atom stereocenters. The fourth-order valence-corrected chi connectivity index (χ4v) is 5.19. The van der Waals surface area contributed by atoms with Gasteiger partial charge in [-0.1, -0.05) is 0 Å². The van der Waals surface area contributed by atoms with E-state index in [0.717, 1.165) is 45.1 Å². The average molecular weight is 435 g/mol. The summed E-state index contributed by atoms with van der Waals surface area (Å²) in [4.78, 5) is 11.4. The van der Waals surface area contributed by atoms with E-state index in [9.17, 15) is 4.79 Å². The largest absolute Gasteiger partial charge is 0.469 e. The van der Waals surface area contributed by atoms with Gasteiger partial charge in [-0.25, -0.2) is 0 Å². The van der Waals surface area contributed by atoms with Crippen LogP contribution in [-0.4, -0.2) is 70.2 Å². The first kappa shape index (κ1) is 23.2. The second-order valence-electron chi connectivity index (χ2n) is 8.29. The van der Waals surface area contributed by atoms with Crippen molar-refractivity contribution < 1.29 is 33.2 Å². The fourth-order valence-electron chi connectivity index (χ4n) is 4.92. The van der Waals surface area contributed by atoms with Gasteiger partial charge in [0.05, 0.1) is 30.8 Å². The maximum atomic E-state index is 11.4. The van der Waals surface area contributed by atoms with Gasteiger partial charge in [0.2, 0.25) is 0 Å². The number of ether oxygens (including phenoxy) is 6. The molecule has 0 bridgehead atoms. The summed E-state index contributed by atoms with van der Waals surface area (Å²) in [6, 6.07) is 0. The lowest BCUT2D eigenvalue weighted by atomic mass is 9.76. The molecule has 0 radical (unpaired) electrons. The van der Waals surface area contributed by atoms with Gasteiger partial charge in [-0.2, -0.15) is 0 Å². The van der Waals surface area contributed by atoms with Gasteiger partial charge in [0.1, 0.15) is 0 Å². The maximum absolute atomic E-state index is 11.4. The number of fused-ring (bicyclic) bond motifs is 1. The van der Waals surface area contributed by atoms with Gasteiger partial charge in [-0.05, 0) is 44.4 Å². The lowest BCUT2D eigenvalue weighted by Gasteiger charge is -2.42. The highest BCUT2D eigenvalue weighted by atomic mass is 35.5. The number of carbonyl (C=O) groups is 1. The second-order valence-corrected chi connectivity index (χ2v) is 8.85. The summed E-state index contributed by atoms with van der Waals surface area (Å²) in [5, 5.41) is -0.208. The second kappa shape index (κ2) is 11.3. The van der Waals surface area contributed by atoms with Gasteiger partial charge in [-0.15, -0.1) is 11.6 Å². The highest BCUT2D eigenvalue weighted by molar-refractivity contribution is 6.21. The van der Waals surface area contributed by atoms with Gasteiger partial charge in [0, 0.05) is 39.6 Å². The van der Waals surface area contributed by atoms with Crippen LogP contribution >= 0.6 is 11.6 Å². The molecule has 3 rings (SSSR count). The molecular formula is C21H35ClO7. The van der Waals surface area contributed by atoms with Crippen LogP contribution in [0, 0.1) is 11.8 Å². The Hall–Kier alpha value is -0.440. The van der Waals surface area contributed by atoms with Gasteiger partial charge < -0.3 is 28.4 Å². The average Bonchev–Trinajstić information content (AvgIpc) is 3.16. The van der Waals surface area contributed by atoms with E-state index in [1.165, 1.54) is 7.11 Å². The Morgan fingerprint density at radius 2 is 1.93 bits per heavy atom. The Labute approximate surface area is 178 Å². The summed E-state index contributed by atoms with van der Waals surface area (Å²) in [6.07, 6.45) is 6.03. The van der Waals surface area contributed by atoms with Gasteiger partial charge in [0.15, 0.2) is 12.6 Å². The zero-order chi connectivity index (χ0) is 20.8. The van der Waals surface area contributed by atoms with Crippen LogP contribution in [0.3, 0.4) is 0 Å². The molecule has 0 aromatic carbocycles. The minimum Gasteiger partial charge on any atom is -0.469 e. The van der Waals surface area contributed by atoms with Crippen LogP contribution < -0.4 is 0 Å². The number of rotatable bonds is 9. The van der Waals surface area contributed by atoms with Crippen LogP contribution in [0.15, 0.2) is 0 Å². The SMILES string of the molecule is COC(=O)CCC(Cl)C1CC2CC(C(OC)OC)C(OC3CCCCO3)CC2O1. The predicted molar refractivity (Wildman–Crippen MR) is 107 cm³/mol. The van der Waals surface area contributed by atoms with E-state index < -0.39 is 0 Å². The topological polar surface area (TPSA) is 72.5 Å². The molecule has 0 aromatic rings. The van der Waals surface area contributed by atoms with Crippen LogP contribution in [0.5, 0.6) is 0 Å². The lowest BCUT2D eigenvalue weighted by Crippen LogP contribution is -2.46.